The molecular formula is C15H22N6O2. The zero-order chi connectivity index (χ0) is 16.2. The quantitative estimate of drug-likeness (QED) is 0.802. The number of urea groups is 1. The van der Waals surface area contributed by atoms with Gasteiger partial charge in [0.15, 0.2) is 5.69 Å². The fraction of sp³-hybridized carbons (Fsp3) is 0.600. The van der Waals surface area contributed by atoms with Gasteiger partial charge in [0.25, 0.3) is 5.91 Å². The molecule has 8 nitrogen and oxygen atoms in total. The second-order valence-corrected chi connectivity index (χ2v) is 6.08. The highest BCUT2D eigenvalue weighted by Crippen LogP contribution is 2.22. The first-order valence-electron chi connectivity index (χ1n) is 8.06. The highest BCUT2D eigenvalue weighted by molar-refractivity contribution is 5.90. The summed E-state index contributed by atoms with van der Waals surface area (Å²) in [4.78, 5) is 25.1. The largest absolute Gasteiger partial charge is 0.364 e. The Morgan fingerprint density at radius 1 is 1.35 bits per heavy atom. The number of nitrogens with one attached hydrogen (secondary N) is 1. The Hall–Kier alpha value is -2.38. The van der Waals surface area contributed by atoms with Crippen LogP contribution in [0, 0.1) is 0 Å². The predicted molar refractivity (Wildman–Crippen MR) is 83.7 cm³/mol. The van der Waals surface area contributed by atoms with E-state index in [9.17, 15) is 9.59 Å². The topological polar surface area (TPSA) is 106 Å². The minimum absolute atomic E-state index is 0.00679. The summed E-state index contributed by atoms with van der Waals surface area (Å²) < 4.78 is 1.68. The van der Waals surface area contributed by atoms with Gasteiger partial charge in [-0.3, -0.25) is 4.79 Å². The van der Waals surface area contributed by atoms with Crippen molar-refractivity contribution in [1.82, 2.24) is 25.2 Å². The van der Waals surface area contributed by atoms with Crippen molar-refractivity contribution >= 4 is 11.9 Å². The Balaban J connectivity index is 1.47. The molecule has 0 unspecified atom stereocenters. The molecule has 1 aromatic heterocycles. The van der Waals surface area contributed by atoms with Crippen molar-refractivity contribution in [3.63, 3.8) is 0 Å². The summed E-state index contributed by atoms with van der Waals surface area (Å²) in [6.07, 6.45) is 8.79. The summed E-state index contributed by atoms with van der Waals surface area (Å²) in [7, 11) is 0. The molecule has 0 atom stereocenters. The lowest BCUT2D eigenvalue weighted by atomic mass is 10.1. The van der Waals surface area contributed by atoms with Gasteiger partial charge in [-0.1, -0.05) is 16.9 Å². The molecular weight excluding hydrogens is 296 g/mol. The smallest absolute Gasteiger partial charge is 0.317 e. The molecule has 124 valence electrons. The van der Waals surface area contributed by atoms with Crippen LogP contribution in [0.5, 0.6) is 0 Å². The van der Waals surface area contributed by atoms with Gasteiger partial charge in [-0.05, 0) is 32.1 Å². The molecule has 0 saturated carbocycles. The van der Waals surface area contributed by atoms with Gasteiger partial charge in [-0.2, -0.15) is 0 Å². The molecule has 1 aliphatic heterocycles. The number of nitrogens with two attached hydrogens (primary N) is 1. The number of nitrogens with zero attached hydrogens (tertiary/aromatic N) is 4. The maximum Gasteiger partial charge on any atom is 0.317 e. The lowest BCUT2D eigenvalue weighted by Gasteiger charge is -2.31. The summed E-state index contributed by atoms with van der Waals surface area (Å²) in [5.74, 6) is -0.575. The molecule has 0 aromatic carbocycles. The molecule has 0 radical (unpaired) electrons. The van der Waals surface area contributed by atoms with Crippen molar-refractivity contribution in [2.45, 2.75) is 38.1 Å². The summed E-state index contributed by atoms with van der Waals surface area (Å²) >= 11 is 0. The standard InChI is InChI=1S/C15H22N6O2/c16-14(22)13-10-21(19-18-13)12-5-7-20(8-6-12)15(23)17-9-11-3-1-2-4-11/h3,10,12H,1-2,4-9H2,(H2,16,22)(H,17,23). The molecule has 3 rings (SSSR count). The van der Waals surface area contributed by atoms with Crippen LogP contribution < -0.4 is 11.1 Å². The maximum absolute atomic E-state index is 12.2. The third kappa shape index (κ3) is 3.69. The van der Waals surface area contributed by atoms with Crippen LogP contribution in [0.25, 0.3) is 0 Å². The van der Waals surface area contributed by atoms with Gasteiger partial charge in [-0.25, -0.2) is 9.48 Å². The van der Waals surface area contributed by atoms with E-state index in [2.05, 4.69) is 21.7 Å². The van der Waals surface area contributed by atoms with Crippen molar-refractivity contribution in [3.05, 3.63) is 23.5 Å². The monoisotopic (exact) mass is 318 g/mol. The van der Waals surface area contributed by atoms with Gasteiger partial charge >= 0.3 is 6.03 Å². The number of piperidine rings is 1. The summed E-state index contributed by atoms with van der Waals surface area (Å²) in [5.41, 5.74) is 6.69. The first-order chi connectivity index (χ1) is 11.1. The normalized spacial score (nSPS) is 18.8. The Bertz CT molecular complexity index is 615. The molecule has 2 aliphatic rings. The first kappa shape index (κ1) is 15.5. The van der Waals surface area contributed by atoms with E-state index < -0.39 is 5.91 Å². The second kappa shape index (κ2) is 6.80. The lowest BCUT2D eigenvalue weighted by Crippen LogP contribution is -2.45. The lowest BCUT2D eigenvalue weighted by molar-refractivity contribution is 0.0995. The van der Waals surface area contributed by atoms with E-state index >= 15 is 0 Å². The Morgan fingerprint density at radius 3 is 2.74 bits per heavy atom. The number of hydrogen-bond acceptors (Lipinski definition) is 4. The van der Waals surface area contributed by atoms with Crippen LogP contribution in [0.1, 0.15) is 48.6 Å². The average molecular weight is 318 g/mol. The van der Waals surface area contributed by atoms with E-state index in [0.29, 0.717) is 19.6 Å². The fourth-order valence-corrected chi connectivity index (χ4v) is 3.10. The molecule has 0 bridgehead atoms. The van der Waals surface area contributed by atoms with E-state index in [0.717, 1.165) is 25.7 Å². The highest BCUT2D eigenvalue weighted by atomic mass is 16.2. The highest BCUT2D eigenvalue weighted by Gasteiger charge is 2.25. The van der Waals surface area contributed by atoms with Gasteiger partial charge in [0, 0.05) is 19.6 Å². The number of rotatable bonds is 4. The third-order valence-corrected chi connectivity index (χ3v) is 4.49. The van der Waals surface area contributed by atoms with Crippen LogP contribution in [0.2, 0.25) is 0 Å². The molecule has 3 amide bonds. The molecule has 1 aliphatic carbocycles. The number of allylic oxidation sites excluding steroid dienone is 1. The molecule has 1 aromatic rings. The number of carbonyl (C=O) groups excluding carboxylic acids is 2. The number of hydrogen-bond donors (Lipinski definition) is 2. The van der Waals surface area contributed by atoms with Crippen molar-refractivity contribution in [3.8, 4) is 0 Å². The molecule has 1 saturated heterocycles. The predicted octanol–water partition coefficient (Wildman–Crippen LogP) is 0.834. The van der Waals surface area contributed by atoms with Crippen LogP contribution in [0.15, 0.2) is 17.8 Å². The van der Waals surface area contributed by atoms with Gasteiger partial charge in [0.1, 0.15) is 0 Å². The summed E-state index contributed by atoms with van der Waals surface area (Å²) in [6.45, 7) is 1.99. The Labute approximate surface area is 134 Å². The van der Waals surface area contributed by atoms with Crippen LogP contribution in [-0.2, 0) is 0 Å². The van der Waals surface area contributed by atoms with Crippen molar-refractivity contribution in [1.29, 1.82) is 0 Å². The zero-order valence-corrected chi connectivity index (χ0v) is 13.1. The zero-order valence-electron chi connectivity index (χ0n) is 13.1. The van der Waals surface area contributed by atoms with Crippen LogP contribution >= 0.6 is 0 Å². The minimum atomic E-state index is -0.575. The molecule has 3 N–H and O–H groups in total. The minimum Gasteiger partial charge on any atom is -0.364 e. The first-order valence-corrected chi connectivity index (χ1v) is 8.06. The summed E-state index contributed by atoms with van der Waals surface area (Å²) in [5, 5.41) is 10.7. The van der Waals surface area contributed by atoms with Gasteiger partial charge in [0.2, 0.25) is 0 Å². The van der Waals surface area contributed by atoms with Crippen LogP contribution in [0.4, 0.5) is 4.79 Å². The van der Waals surface area contributed by atoms with E-state index in [-0.39, 0.29) is 17.8 Å². The fourth-order valence-electron chi connectivity index (χ4n) is 3.10. The van der Waals surface area contributed by atoms with Crippen LogP contribution in [-0.4, -0.2) is 51.5 Å². The number of carbonyl (C=O) groups is 2. The number of likely N-dealkylation sites (tertiary alicyclic amines) is 1. The maximum atomic E-state index is 12.2. The van der Waals surface area contributed by atoms with E-state index in [1.807, 2.05) is 4.90 Å². The van der Waals surface area contributed by atoms with E-state index in [1.165, 1.54) is 12.0 Å². The van der Waals surface area contributed by atoms with E-state index in [4.69, 9.17) is 5.73 Å². The van der Waals surface area contributed by atoms with Crippen molar-refractivity contribution < 1.29 is 9.59 Å². The molecule has 8 heteroatoms. The van der Waals surface area contributed by atoms with Gasteiger partial charge in [0.05, 0.1) is 12.2 Å². The summed E-state index contributed by atoms with van der Waals surface area (Å²) in [6, 6.07) is 0.143. The van der Waals surface area contributed by atoms with Gasteiger partial charge < -0.3 is 16.0 Å². The molecule has 2 heterocycles. The molecule has 0 spiro atoms. The molecule has 1 fully saturated rings. The number of amides is 3. The SMILES string of the molecule is NC(=O)c1cn(C2CCN(C(=O)NCC3=CCCC3)CC2)nn1. The number of primary amides is 1. The molecule has 23 heavy (non-hydrogen) atoms. The number of aromatic nitrogens is 3. The van der Waals surface area contributed by atoms with Crippen molar-refractivity contribution in [2.24, 2.45) is 5.73 Å². The Morgan fingerprint density at radius 2 is 2.13 bits per heavy atom. The second-order valence-electron chi connectivity index (χ2n) is 6.08. The third-order valence-electron chi connectivity index (χ3n) is 4.49. The van der Waals surface area contributed by atoms with Crippen LogP contribution in [0.3, 0.4) is 0 Å². The van der Waals surface area contributed by atoms with E-state index in [1.54, 1.807) is 10.9 Å². The van der Waals surface area contributed by atoms with Crippen molar-refractivity contribution in [2.75, 3.05) is 19.6 Å². The Kier molecular flexibility index (Phi) is 4.59. The average Bonchev–Trinajstić information content (AvgIpc) is 3.24. The van der Waals surface area contributed by atoms with Gasteiger partial charge in [-0.15, -0.1) is 5.10 Å².